The molecule has 6 heteroatoms. The molecule has 1 aromatic heterocycles. The van der Waals surface area contributed by atoms with Crippen LogP contribution in [0.5, 0.6) is 5.75 Å². The van der Waals surface area contributed by atoms with Crippen LogP contribution in [0.2, 0.25) is 0 Å². The lowest BCUT2D eigenvalue weighted by Crippen LogP contribution is -2.43. The van der Waals surface area contributed by atoms with Gasteiger partial charge in [0.05, 0.1) is 13.2 Å². The molecule has 6 nitrogen and oxygen atoms in total. The van der Waals surface area contributed by atoms with Gasteiger partial charge in [-0.25, -0.2) is 4.79 Å². The van der Waals surface area contributed by atoms with E-state index in [9.17, 15) is 4.79 Å². The predicted molar refractivity (Wildman–Crippen MR) is 116 cm³/mol. The zero-order valence-corrected chi connectivity index (χ0v) is 17.2. The van der Waals surface area contributed by atoms with Crippen molar-refractivity contribution in [1.82, 2.24) is 9.80 Å². The van der Waals surface area contributed by atoms with E-state index in [1.54, 1.807) is 6.07 Å². The van der Waals surface area contributed by atoms with Crippen molar-refractivity contribution in [1.29, 1.82) is 0 Å². The van der Waals surface area contributed by atoms with E-state index < -0.39 is 0 Å². The quantitative estimate of drug-likeness (QED) is 0.620. The van der Waals surface area contributed by atoms with Crippen LogP contribution in [-0.4, -0.2) is 55.9 Å². The molecule has 0 atom stereocenters. The highest BCUT2D eigenvalue weighted by Gasteiger charge is 2.24. The Morgan fingerprint density at radius 2 is 1.77 bits per heavy atom. The van der Waals surface area contributed by atoms with E-state index in [2.05, 4.69) is 15.9 Å². The van der Waals surface area contributed by atoms with E-state index in [0.29, 0.717) is 12.3 Å². The number of rotatable bonds is 4. The molecule has 1 saturated heterocycles. The molecule has 1 fully saturated rings. The number of fused-ring (bicyclic) bond motifs is 2. The molecule has 30 heavy (non-hydrogen) atoms. The van der Waals surface area contributed by atoms with Crippen molar-refractivity contribution < 1.29 is 13.9 Å². The fraction of sp³-hybridized carbons (Fsp3) is 0.375. The maximum absolute atomic E-state index is 12.3. The Kier molecular flexibility index (Phi) is 5.29. The first-order chi connectivity index (χ1) is 14.7. The molecule has 0 saturated carbocycles. The Hall–Kier alpha value is -2.67. The smallest absolute Gasteiger partial charge is 0.336 e. The molecule has 0 bridgehead atoms. The molecule has 156 valence electrons. The molecule has 0 aliphatic carbocycles. The van der Waals surface area contributed by atoms with Gasteiger partial charge in [0.2, 0.25) is 0 Å². The monoisotopic (exact) mass is 406 g/mol. The first kappa shape index (κ1) is 19.3. The van der Waals surface area contributed by atoms with E-state index in [-0.39, 0.29) is 5.63 Å². The molecule has 0 N–H and O–H groups in total. The van der Waals surface area contributed by atoms with Crippen molar-refractivity contribution >= 4 is 11.0 Å². The lowest BCUT2D eigenvalue weighted by molar-refractivity contribution is 0.0240. The van der Waals surface area contributed by atoms with Gasteiger partial charge in [-0.3, -0.25) is 9.80 Å². The first-order valence-electron chi connectivity index (χ1n) is 10.5. The van der Waals surface area contributed by atoms with Gasteiger partial charge in [-0.2, -0.15) is 0 Å². The average Bonchev–Trinajstić information content (AvgIpc) is 2.79. The number of benzene rings is 2. The van der Waals surface area contributed by atoms with Crippen LogP contribution in [0.4, 0.5) is 0 Å². The van der Waals surface area contributed by atoms with Crippen molar-refractivity contribution in [3.63, 3.8) is 0 Å². The normalized spacial score (nSPS) is 17.6. The molecule has 3 aromatic rings. The second-order valence-electron chi connectivity index (χ2n) is 7.99. The maximum Gasteiger partial charge on any atom is 0.336 e. The van der Waals surface area contributed by atoms with Crippen LogP contribution in [0.3, 0.4) is 0 Å². The van der Waals surface area contributed by atoms with Gasteiger partial charge in [0, 0.05) is 55.3 Å². The number of morpholine rings is 1. The fourth-order valence-electron chi connectivity index (χ4n) is 4.38. The van der Waals surface area contributed by atoms with Crippen molar-refractivity contribution in [2.24, 2.45) is 0 Å². The highest BCUT2D eigenvalue weighted by atomic mass is 16.5. The lowest BCUT2D eigenvalue weighted by Gasteiger charge is -2.33. The lowest BCUT2D eigenvalue weighted by atomic mass is 9.97. The summed E-state index contributed by atoms with van der Waals surface area (Å²) in [5.41, 5.74) is 4.22. The summed E-state index contributed by atoms with van der Waals surface area (Å²) >= 11 is 0. The van der Waals surface area contributed by atoms with Gasteiger partial charge in [0.25, 0.3) is 0 Å². The van der Waals surface area contributed by atoms with Crippen molar-refractivity contribution in [2.45, 2.75) is 13.5 Å². The summed E-state index contributed by atoms with van der Waals surface area (Å²) in [4.78, 5) is 17.0. The first-order valence-corrected chi connectivity index (χ1v) is 10.5. The van der Waals surface area contributed by atoms with Crippen LogP contribution >= 0.6 is 0 Å². The predicted octanol–water partition coefficient (Wildman–Crippen LogP) is 3.25. The van der Waals surface area contributed by atoms with Gasteiger partial charge >= 0.3 is 5.63 Å². The summed E-state index contributed by atoms with van der Waals surface area (Å²) in [6.07, 6.45) is 0. The summed E-state index contributed by atoms with van der Waals surface area (Å²) < 4.78 is 17.2. The number of aryl methyl sites for hydroxylation is 1. The maximum atomic E-state index is 12.3. The zero-order valence-electron chi connectivity index (χ0n) is 17.2. The standard InChI is InChI=1S/C24H26N2O4/c1-17-23-19(15-26(16-29-23)8-7-25-9-11-28-12-10-25)13-21-20(14-22(27)30-24(17)21)18-5-3-2-4-6-18/h2-6,13-14H,7-12,15-16H2,1H3. The van der Waals surface area contributed by atoms with E-state index in [4.69, 9.17) is 13.9 Å². The summed E-state index contributed by atoms with van der Waals surface area (Å²) in [7, 11) is 0. The molecule has 0 unspecified atom stereocenters. The zero-order chi connectivity index (χ0) is 20.5. The third-order valence-corrected chi connectivity index (χ3v) is 6.00. The summed E-state index contributed by atoms with van der Waals surface area (Å²) in [5, 5.41) is 0.954. The molecular weight excluding hydrogens is 380 g/mol. The molecular formula is C24H26N2O4. The van der Waals surface area contributed by atoms with E-state index in [1.165, 1.54) is 0 Å². The minimum atomic E-state index is -0.340. The summed E-state index contributed by atoms with van der Waals surface area (Å²) in [5.74, 6) is 0.846. The molecule has 3 heterocycles. The Balaban J connectivity index is 1.47. The van der Waals surface area contributed by atoms with E-state index in [1.807, 2.05) is 37.3 Å². The van der Waals surface area contributed by atoms with E-state index >= 15 is 0 Å². The fourth-order valence-corrected chi connectivity index (χ4v) is 4.38. The van der Waals surface area contributed by atoms with Gasteiger partial charge in [0.15, 0.2) is 0 Å². The van der Waals surface area contributed by atoms with Crippen molar-refractivity contribution in [2.75, 3.05) is 46.1 Å². The van der Waals surface area contributed by atoms with Gasteiger partial charge in [-0.15, -0.1) is 0 Å². The van der Waals surface area contributed by atoms with Crippen LogP contribution in [0, 0.1) is 6.92 Å². The number of hydrogen-bond donors (Lipinski definition) is 0. The largest absolute Gasteiger partial charge is 0.477 e. The van der Waals surface area contributed by atoms with Crippen LogP contribution in [0.15, 0.2) is 51.7 Å². The second-order valence-corrected chi connectivity index (χ2v) is 7.99. The SMILES string of the molecule is Cc1c2c(cc3c(-c4ccccc4)cc(=O)oc13)CN(CCN1CCOCC1)CO2. The Bertz CT molecular complexity index is 1100. The third kappa shape index (κ3) is 3.74. The van der Waals surface area contributed by atoms with Gasteiger partial charge in [-0.1, -0.05) is 30.3 Å². The van der Waals surface area contributed by atoms with Gasteiger partial charge < -0.3 is 13.9 Å². The van der Waals surface area contributed by atoms with Crippen LogP contribution in [0.1, 0.15) is 11.1 Å². The molecule has 0 amide bonds. The topological polar surface area (TPSA) is 55.2 Å². The molecule has 5 rings (SSSR count). The minimum absolute atomic E-state index is 0.340. The Morgan fingerprint density at radius 1 is 1.00 bits per heavy atom. The Labute approximate surface area is 175 Å². The Morgan fingerprint density at radius 3 is 2.57 bits per heavy atom. The van der Waals surface area contributed by atoms with Crippen LogP contribution < -0.4 is 10.4 Å². The van der Waals surface area contributed by atoms with Gasteiger partial charge in [-0.05, 0) is 24.1 Å². The number of ether oxygens (including phenoxy) is 2. The molecule has 0 spiro atoms. The minimum Gasteiger partial charge on any atom is -0.477 e. The van der Waals surface area contributed by atoms with Crippen molar-refractivity contribution in [3.05, 3.63) is 64.0 Å². The summed E-state index contributed by atoms with van der Waals surface area (Å²) in [6, 6.07) is 13.7. The second kappa shape index (κ2) is 8.22. The van der Waals surface area contributed by atoms with Crippen LogP contribution in [-0.2, 0) is 11.3 Å². The van der Waals surface area contributed by atoms with Crippen molar-refractivity contribution in [3.8, 4) is 16.9 Å². The molecule has 0 radical (unpaired) electrons. The number of hydrogen-bond acceptors (Lipinski definition) is 6. The summed E-state index contributed by atoms with van der Waals surface area (Å²) in [6.45, 7) is 8.93. The molecule has 2 aromatic carbocycles. The number of nitrogens with zero attached hydrogens (tertiary/aromatic N) is 2. The third-order valence-electron chi connectivity index (χ3n) is 6.00. The highest BCUT2D eigenvalue weighted by molar-refractivity contribution is 5.96. The van der Waals surface area contributed by atoms with Crippen LogP contribution in [0.25, 0.3) is 22.1 Å². The van der Waals surface area contributed by atoms with Gasteiger partial charge in [0.1, 0.15) is 18.1 Å². The van der Waals surface area contributed by atoms with E-state index in [0.717, 1.165) is 79.3 Å². The molecule has 2 aliphatic heterocycles. The average molecular weight is 406 g/mol. The molecule has 2 aliphatic rings. The highest BCUT2D eigenvalue weighted by Crippen LogP contribution is 2.38.